The molecular formula is C21H23N5O3. The summed E-state index contributed by atoms with van der Waals surface area (Å²) in [4.78, 5) is 36.9. The van der Waals surface area contributed by atoms with E-state index in [2.05, 4.69) is 22.1 Å². The number of rotatable bonds is 4. The molecule has 2 aromatic heterocycles. The van der Waals surface area contributed by atoms with Crippen LogP contribution >= 0.6 is 0 Å². The van der Waals surface area contributed by atoms with E-state index in [0.717, 1.165) is 11.2 Å². The largest absolute Gasteiger partial charge is 0.450 e. The highest BCUT2D eigenvalue weighted by Gasteiger charge is 2.26. The second kappa shape index (κ2) is 8.30. The van der Waals surface area contributed by atoms with Gasteiger partial charge in [-0.15, -0.1) is 0 Å². The molecule has 0 N–H and O–H groups in total. The number of aromatic nitrogens is 3. The molecule has 1 aliphatic rings. The molecule has 1 aliphatic heterocycles. The molecule has 8 nitrogen and oxygen atoms in total. The first kappa shape index (κ1) is 18.9. The lowest BCUT2D eigenvalue weighted by molar-refractivity contribution is 0.0570. The number of nitrogens with zero attached hydrogens (tertiary/aromatic N) is 5. The Bertz CT molecular complexity index is 1010. The van der Waals surface area contributed by atoms with E-state index in [1.807, 2.05) is 22.8 Å². The van der Waals surface area contributed by atoms with Crippen molar-refractivity contribution in [2.24, 2.45) is 0 Å². The summed E-state index contributed by atoms with van der Waals surface area (Å²) in [6, 6.07) is 11.9. The quantitative estimate of drug-likeness (QED) is 0.680. The summed E-state index contributed by atoms with van der Waals surface area (Å²) in [6.45, 7) is 4.67. The number of benzene rings is 1. The highest BCUT2D eigenvalue weighted by Crippen LogP contribution is 2.16. The third-order valence-corrected chi connectivity index (χ3v) is 4.99. The van der Waals surface area contributed by atoms with Crippen LogP contribution in [0.2, 0.25) is 0 Å². The molecule has 0 bridgehead atoms. The molecule has 3 aromatic rings. The van der Waals surface area contributed by atoms with Gasteiger partial charge in [-0.3, -0.25) is 4.79 Å². The molecule has 1 saturated heterocycles. The standard InChI is InChI=1S/C21H23N5O3/c1-2-29-21(28)25-10-8-24(9-11-25)20(27)17-12-18-19(22-13-17)26(15-23-18)14-16-6-4-3-5-7-16/h3-7,12-13,15H,2,8-11,14H2,1H3. The molecule has 29 heavy (non-hydrogen) atoms. The number of ether oxygens (including phenoxy) is 1. The van der Waals surface area contributed by atoms with Crippen LogP contribution in [0.1, 0.15) is 22.8 Å². The summed E-state index contributed by atoms with van der Waals surface area (Å²) in [5.74, 6) is -0.0967. The lowest BCUT2D eigenvalue weighted by Crippen LogP contribution is -2.50. The third-order valence-electron chi connectivity index (χ3n) is 4.99. The van der Waals surface area contributed by atoms with E-state index in [1.165, 1.54) is 0 Å². The van der Waals surface area contributed by atoms with Gasteiger partial charge in [0.15, 0.2) is 5.65 Å². The Morgan fingerprint density at radius 3 is 2.48 bits per heavy atom. The number of imidazole rings is 1. The smallest absolute Gasteiger partial charge is 0.409 e. The highest BCUT2D eigenvalue weighted by molar-refractivity contribution is 5.96. The fraction of sp³-hybridized carbons (Fsp3) is 0.333. The minimum absolute atomic E-state index is 0.0967. The predicted octanol–water partition coefficient (Wildman–Crippen LogP) is 2.39. The van der Waals surface area contributed by atoms with Crippen LogP contribution in [-0.4, -0.2) is 69.1 Å². The topological polar surface area (TPSA) is 80.6 Å². The van der Waals surface area contributed by atoms with E-state index >= 15 is 0 Å². The Kier molecular flexibility index (Phi) is 5.41. The fourth-order valence-corrected chi connectivity index (χ4v) is 3.45. The minimum atomic E-state index is -0.327. The van der Waals surface area contributed by atoms with Crippen LogP contribution < -0.4 is 0 Å². The van der Waals surface area contributed by atoms with Crippen LogP contribution in [-0.2, 0) is 11.3 Å². The van der Waals surface area contributed by atoms with Crippen LogP contribution in [0, 0.1) is 0 Å². The number of piperazine rings is 1. The van der Waals surface area contributed by atoms with Gasteiger partial charge in [-0.2, -0.15) is 0 Å². The van der Waals surface area contributed by atoms with E-state index < -0.39 is 0 Å². The Labute approximate surface area is 168 Å². The van der Waals surface area contributed by atoms with Gasteiger partial charge < -0.3 is 19.1 Å². The molecule has 1 aromatic carbocycles. The molecule has 1 fully saturated rings. The molecule has 4 rings (SSSR count). The first-order valence-corrected chi connectivity index (χ1v) is 9.71. The van der Waals surface area contributed by atoms with Gasteiger partial charge in [-0.25, -0.2) is 14.8 Å². The Hall–Kier alpha value is -3.42. The van der Waals surface area contributed by atoms with Gasteiger partial charge in [0.2, 0.25) is 0 Å². The van der Waals surface area contributed by atoms with Gasteiger partial charge in [0.1, 0.15) is 5.52 Å². The number of carbonyl (C=O) groups excluding carboxylic acids is 2. The number of fused-ring (bicyclic) bond motifs is 1. The van der Waals surface area contributed by atoms with Crippen molar-refractivity contribution in [2.75, 3.05) is 32.8 Å². The Balaban J connectivity index is 1.45. The molecule has 0 radical (unpaired) electrons. The summed E-state index contributed by atoms with van der Waals surface area (Å²) in [6.07, 6.45) is 3.02. The average Bonchev–Trinajstić information content (AvgIpc) is 3.16. The maximum absolute atomic E-state index is 12.9. The van der Waals surface area contributed by atoms with E-state index in [-0.39, 0.29) is 12.0 Å². The van der Waals surface area contributed by atoms with Crippen LogP contribution in [0.4, 0.5) is 4.79 Å². The summed E-state index contributed by atoms with van der Waals surface area (Å²) in [7, 11) is 0. The van der Waals surface area contributed by atoms with E-state index in [1.54, 1.807) is 35.3 Å². The third kappa shape index (κ3) is 4.06. The minimum Gasteiger partial charge on any atom is -0.450 e. The van der Waals surface area contributed by atoms with Crippen molar-refractivity contribution in [2.45, 2.75) is 13.5 Å². The van der Waals surface area contributed by atoms with Gasteiger partial charge in [-0.1, -0.05) is 30.3 Å². The molecular weight excluding hydrogens is 370 g/mol. The summed E-state index contributed by atoms with van der Waals surface area (Å²) < 4.78 is 6.99. The molecule has 3 heterocycles. The molecule has 0 saturated carbocycles. The zero-order valence-corrected chi connectivity index (χ0v) is 16.3. The molecule has 0 spiro atoms. The monoisotopic (exact) mass is 393 g/mol. The normalized spacial score (nSPS) is 14.2. The predicted molar refractivity (Wildman–Crippen MR) is 108 cm³/mol. The highest BCUT2D eigenvalue weighted by atomic mass is 16.6. The summed E-state index contributed by atoms with van der Waals surface area (Å²) in [5.41, 5.74) is 3.11. The van der Waals surface area contributed by atoms with Crippen LogP contribution in [0.5, 0.6) is 0 Å². The average molecular weight is 393 g/mol. The lowest BCUT2D eigenvalue weighted by Gasteiger charge is -2.34. The second-order valence-electron chi connectivity index (χ2n) is 6.90. The van der Waals surface area contributed by atoms with E-state index in [4.69, 9.17) is 4.74 Å². The van der Waals surface area contributed by atoms with Crippen molar-refractivity contribution in [1.82, 2.24) is 24.3 Å². The van der Waals surface area contributed by atoms with E-state index in [9.17, 15) is 9.59 Å². The Morgan fingerprint density at radius 2 is 1.76 bits per heavy atom. The van der Waals surface area contributed by atoms with Crippen molar-refractivity contribution in [3.63, 3.8) is 0 Å². The zero-order chi connectivity index (χ0) is 20.2. The second-order valence-corrected chi connectivity index (χ2v) is 6.90. The number of hydrogen-bond acceptors (Lipinski definition) is 5. The van der Waals surface area contributed by atoms with E-state index in [0.29, 0.717) is 50.4 Å². The maximum atomic E-state index is 12.9. The SMILES string of the molecule is CCOC(=O)N1CCN(C(=O)c2cnc3c(c2)ncn3Cc2ccccc2)CC1. The Morgan fingerprint density at radius 1 is 1.03 bits per heavy atom. The molecule has 8 heteroatoms. The number of hydrogen-bond donors (Lipinski definition) is 0. The van der Waals surface area contributed by atoms with Gasteiger partial charge in [-0.05, 0) is 18.6 Å². The first-order valence-electron chi connectivity index (χ1n) is 9.71. The molecule has 0 atom stereocenters. The van der Waals surface area contributed by atoms with Crippen molar-refractivity contribution >= 4 is 23.2 Å². The summed E-state index contributed by atoms with van der Waals surface area (Å²) in [5, 5.41) is 0. The molecule has 0 unspecified atom stereocenters. The van der Waals surface area contributed by atoms with Crippen molar-refractivity contribution in [3.8, 4) is 0 Å². The molecule has 2 amide bonds. The van der Waals surface area contributed by atoms with Crippen LogP contribution in [0.3, 0.4) is 0 Å². The first-order chi connectivity index (χ1) is 14.2. The maximum Gasteiger partial charge on any atom is 0.409 e. The van der Waals surface area contributed by atoms with Crippen LogP contribution in [0.15, 0.2) is 48.9 Å². The summed E-state index contributed by atoms with van der Waals surface area (Å²) >= 11 is 0. The van der Waals surface area contributed by atoms with Gasteiger partial charge >= 0.3 is 6.09 Å². The number of pyridine rings is 1. The van der Waals surface area contributed by atoms with Crippen molar-refractivity contribution < 1.29 is 14.3 Å². The van der Waals surface area contributed by atoms with Crippen molar-refractivity contribution in [1.29, 1.82) is 0 Å². The number of amides is 2. The van der Waals surface area contributed by atoms with Gasteiger partial charge in [0.25, 0.3) is 5.91 Å². The van der Waals surface area contributed by atoms with Gasteiger partial charge in [0, 0.05) is 32.4 Å². The lowest BCUT2D eigenvalue weighted by atomic mass is 10.2. The van der Waals surface area contributed by atoms with Gasteiger partial charge in [0.05, 0.1) is 25.0 Å². The van der Waals surface area contributed by atoms with Crippen molar-refractivity contribution in [3.05, 3.63) is 60.0 Å². The molecule has 150 valence electrons. The zero-order valence-electron chi connectivity index (χ0n) is 16.3. The molecule has 0 aliphatic carbocycles. The fourth-order valence-electron chi connectivity index (χ4n) is 3.45. The number of carbonyl (C=O) groups is 2. The van der Waals surface area contributed by atoms with Crippen LogP contribution in [0.25, 0.3) is 11.2 Å².